The fourth-order valence-electron chi connectivity index (χ4n) is 0.602. The molecule has 0 aliphatic rings. The van der Waals surface area contributed by atoms with E-state index in [2.05, 4.69) is 11.9 Å². The molecule has 0 rings (SSSR count). The number of nitrogens with one attached hydrogen (secondary N) is 2. The second-order valence-corrected chi connectivity index (χ2v) is 2.66. The number of amides is 3. The summed E-state index contributed by atoms with van der Waals surface area (Å²) in [6, 6.07) is -0.983. The van der Waals surface area contributed by atoms with Crippen LogP contribution in [0.5, 0.6) is 0 Å². The quantitative estimate of drug-likeness (QED) is 0.452. The van der Waals surface area contributed by atoms with E-state index in [1.54, 1.807) is 6.92 Å². The average molecular weight is 212 g/mol. The van der Waals surface area contributed by atoms with E-state index < -0.39 is 17.9 Å². The fraction of sp³-hybridized carbons (Fsp3) is 0.222. The van der Waals surface area contributed by atoms with Gasteiger partial charge in [0.1, 0.15) is 0 Å². The molecule has 0 radical (unpaired) electrons. The maximum atomic E-state index is 11.0. The van der Waals surface area contributed by atoms with Gasteiger partial charge in [0.05, 0.1) is 0 Å². The van der Waals surface area contributed by atoms with Crippen molar-refractivity contribution in [2.75, 3.05) is 0 Å². The van der Waals surface area contributed by atoms with Gasteiger partial charge in [0.15, 0.2) is 0 Å². The van der Waals surface area contributed by atoms with Crippen LogP contribution in [-0.2, 0) is 9.59 Å². The molecular weight excluding hydrogens is 200 g/mol. The third-order valence-electron chi connectivity index (χ3n) is 1.33. The Kier molecular flexibility index (Phi) is 5.47. The van der Waals surface area contributed by atoms with E-state index in [-0.39, 0.29) is 6.04 Å². The zero-order chi connectivity index (χ0) is 11.8. The molecule has 82 valence electrons. The summed E-state index contributed by atoms with van der Waals surface area (Å²) in [7, 11) is 0. The number of hydrogen-bond acceptors (Lipinski definition) is 3. The van der Waals surface area contributed by atoms with Crippen LogP contribution in [0.25, 0.3) is 0 Å². The Balaban J connectivity index is 4.02. The molecule has 6 nitrogen and oxygen atoms in total. The highest BCUT2D eigenvalue weighted by Crippen LogP contribution is 1.81. The molecule has 0 aromatic rings. The third-order valence-corrected chi connectivity index (χ3v) is 1.33. The highest BCUT2D eigenvalue weighted by Gasteiger charge is 2.06. The van der Waals surface area contributed by atoms with Crippen molar-refractivity contribution in [3.05, 3.63) is 24.8 Å². The number of aliphatic carboxylic acids is 1. The minimum absolute atomic E-state index is 0.277. The number of carbonyl (C=O) groups is 3. The Morgan fingerprint density at radius 2 is 1.93 bits per heavy atom. The molecule has 0 aliphatic heterocycles. The predicted octanol–water partition coefficient (Wildman–Crippen LogP) is 0.0275. The van der Waals surface area contributed by atoms with Crippen LogP contribution in [0.15, 0.2) is 24.8 Å². The van der Waals surface area contributed by atoms with Crippen LogP contribution in [0.1, 0.15) is 6.92 Å². The Bertz CT molecular complexity index is 309. The van der Waals surface area contributed by atoms with Gasteiger partial charge in [0.25, 0.3) is 5.91 Å². The smallest absolute Gasteiger partial charge is 0.328 e. The van der Waals surface area contributed by atoms with Gasteiger partial charge < -0.3 is 10.4 Å². The highest BCUT2D eigenvalue weighted by atomic mass is 16.4. The zero-order valence-corrected chi connectivity index (χ0v) is 8.19. The molecule has 0 bridgehead atoms. The first-order valence-corrected chi connectivity index (χ1v) is 4.10. The summed E-state index contributed by atoms with van der Waals surface area (Å²) in [5.74, 6) is -2.06. The van der Waals surface area contributed by atoms with E-state index in [4.69, 9.17) is 5.11 Å². The van der Waals surface area contributed by atoms with Crippen LogP contribution >= 0.6 is 0 Å². The van der Waals surface area contributed by atoms with Crippen LogP contribution in [0.3, 0.4) is 0 Å². The summed E-state index contributed by atoms with van der Waals surface area (Å²) < 4.78 is 0. The Morgan fingerprint density at radius 3 is 2.40 bits per heavy atom. The van der Waals surface area contributed by atoms with Crippen molar-refractivity contribution >= 4 is 17.9 Å². The molecule has 1 unspecified atom stereocenters. The van der Waals surface area contributed by atoms with Crippen molar-refractivity contribution in [2.24, 2.45) is 0 Å². The summed E-state index contributed by atoms with van der Waals surface area (Å²) in [6.07, 6.45) is 2.87. The second kappa shape index (κ2) is 6.36. The number of hydrogen-bond donors (Lipinski definition) is 3. The number of carboxylic acid groups (broad SMARTS) is 1. The molecule has 0 saturated heterocycles. The van der Waals surface area contributed by atoms with E-state index in [1.165, 1.54) is 6.08 Å². The Hall–Kier alpha value is -2.11. The van der Waals surface area contributed by atoms with Gasteiger partial charge in [-0.3, -0.25) is 10.1 Å². The van der Waals surface area contributed by atoms with Crippen LogP contribution < -0.4 is 10.6 Å². The standard InChI is InChI=1S/C9H12N2O4/c1-3-6(2)10-9(15)11-7(12)4-5-8(13)14/h3-6H,1H2,2H3,(H,13,14)(H2,10,11,12,15)/b5-4+. The van der Waals surface area contributed by atoms with E-state index in [0.717, 1.165) is 6.08 Å². The number of carbonyl (C=O) groups excluding carboxylic acids is 2. The lowest BCUT2D eigenvalue weighted by atomic mass is 10.3. The molecule has 3 N–H and O–H groups in total. The molecule has 0 saturated carbocycles. The minimum Gasteiger partial charge on any atom is -0.478 e. The van der Waals surface area contributed by atoms with Gasteiger partial charge in [-0.2, -0.15) is 0 Å². The summed E-state index contributed by atoms with van der Waals surface area (Å²) in [4.78, 5) is 31.9. The monoisotopic (exact) mass is 212 g/mol. The van der Waals surface area contributed by atoms with Crippen molar-refractivity contribution in [1.29, 1.82) is 0 Å². The molecule has 6 heteroatoms. The average Bonchev–Trinajstić information content (AvgIpc) is 2.14. The van der Waals surface area contributed by atoms with Crippen LogP contribution in [0.2, 0.25) is 0 Å². The van der Waals surface area contributed by atoms with Crippen LogP contribution in [-0.4, -0.2) is 29.1 Å². The molecule has 0 fully saturated rings. The van der Waals surface area contributed by atoms with Gasteiger partial charge in [-0.25, -0.2) is 9.59 Å². The van der Waals surface area contributed by atoms with Crippen LogP contribution in [0, 0.1) is 0 Å². The highest BCUT2D eigenvalue weighted by molar-refractivity contribution is 6.02. The summed E-state index contributed by atoms with van der Waals surface area (Å²) in [5.41, 5.74) is 0. The first kappa shape index (κ1) is 12.9. The normalized spacial score (nSPS) is 11.8. The van der Waals surface area contributed by atoms with Crippen molar-refractivity contribution in [3.63, 3.8) is 0 Å². The lowest BCUT2D eigenvalue weighted by Gasteiger charge is -2.08. The molecule has 0 aromatic carbocycles. The lowest BCUT2D eigenvalue weighted by molar-refractivity contribution is -0.131. The molecular formula is C9H12N2O4. The maximum absolute atomic E-state index is 11.0. The molecule has 0 aromatic heterocycles. The van der Waals surface area contributed by atoms with Crippen molar-refractivity contribution in [2.45, 2.75) is 13.0 Å². The molecule has 3 amide bonds. The number of urea groups is 1. The third kappa shape index (κ3) is 7.00. The van der Waals surface area contributed by atoms with Gasteiger partial charge in [0.2, 0.25) is 0 Å². The molecule has 0 heterocycles. The molecule has 0 spiro atoms. The topological polar surface area (TPSA) is 95.5 Å². The molecule has 1 atom stereocenters. The van der Waals surface area contributed by atoms with Crippen molar-refractivity contribution < 1.29 is 19.5 Å². The zero-order valence-electron chi connectivity index (χ0n) is 8.19. The second-order valence-electron chi connectivity index (χ2n) is 2.66. The largest absolute Gasteiger partial charge is 0.478 e. The first-order chi connectivity index (χ1) is 6.95. The van der Waals surface area contributed by atoms with Gasteiger partial charge >= 0.3 is 12.0 Å². The van der Waals surface area contributed by atoms with Crippen LogP contribution in [0.4, 0.5) is 4.79 Å². The summed E-state index contributed by atoms with van der Waals surface area (Å²) in [6.45, 7) is 5.10. The lowest BCUT2D eigenvalue weighted by Crippen LogP contribution is -2.42. The van der Waals surface area contributed by atoms with Crippen molar-refractivity contribution in [3.8, 4) is 0 Å². The number of rotatable bonds is 4. The van der Waals surface area contributed by atoms with E-state index in [9.17, 15) is 14.4 Å². The summed E-state index contributed by atoms with van der Waals surface area (Å²) >= 11 is 0. The Morgan fingerprint density at radius 1 is 1.33 bits per heavy atom. The van der Waals surface area contributed by atoms with E-state index >= 15 is 0 Å². The summed E-state index contributed by atoms with van der Waals surface area (Å²) in [5, 5.41) is 12.5. The predicted molar refractivity (Wildman–Crippen MR) is 53.1 cm³/mol. The van der Waals surface area contributed by atoms with Gasteiger partial charge in [-0.05, 0) is 6.92 Å². The minimum atomic E-state index is -1.26. The fourth-order valence-corrected chi connectivity index (χ4v) is 0.602. The van der Waals surface area contributed by atoms with E-state index in [1.807, 2.05) is 5.32 Å². The van der Waals surface area contributed by atoms with Gasteiger partial charge in [-0.1, -0.05) is 6.08 Å². The number of imide groups is 1. The SMILES string of the molecule is C=CC(C)NC(=O)NC(=O)/C=C/C(=O)O. The van der Waals surface area contributed by atoms with Crippen molar-refractivity contribution in [1.82, 2.24) is 10.6 Å². The first-order valence-electron chi connectivity index (χ1n) is 4.10. The Labute approximate surface area is 86.7 Å². The number of carboxylic acids is 1. The molecule has 15 heavy (non-hydrogen) atoms. The van der Waals surface area contributed by atoms with Gasteiger partial charge in [-0.15, -0.1) is 6.58 Å². The maximum Gasteiger partial charge on any atom is 0.328 e. The molecule has 0 aliphatic carbocycles. The van der Waals surface area contributed by atoms with E-state index in [0.29, 0.717) is 6.08 Å². The van der Waals surface area contributed by atoms with Gasteiger partial charge in [0, 0.05) is 18.2 Å².